The lowest BCUT2D eigenvalue weighted by atomic mass is 10.0. The molecular weight excluding hydrogens is 437 g/mol. The number of halogens is 2. The maximum atomic E-state index is 11.2. The Balaban J connectivity index is 1.54. The molecule has 156 valence electrons. The number of hydrogen-bond acceptors (Lipinski definition) is 4. The maximum Gasteiger partial charge on any atom is 0.335 e. The molecule has 7 heteroatoms. The molecule has 5 nitrogen and oxygen atoms in total. The van der Waals surface area contributed by atoms with E-state index in [-0.39, 0.29) is 12.2 Å². The van der Waals surface area contributed by atoms with Crippen LogP contribution in [0.4, 0.5) is 0 Å². The SMILES string of the molecule is Cc1onc(-c2c(Cl)cccc2Cl)c1COc1ccc(-c2cccc(C(=O)O)c2)cc1. The van der Waals surface area contributed by atoms with Crippen LogP contribution in [0, 0.1) is 6.92 Å². The quantitative estimate of drug-likeness (QED) is 0.343. The summed E-state index contributed by atoms with van der Waals surface area (Å²) in [6, 6.07) is 19.5. The molecule has 0 unspecified atom stereocenters. The zero-order valence-corrected chi connectivity index (χ0v) is 17.9. The van der Waals surface area contributed by atoms with Crippen LogP contribution in [0.5, 0.6) is 5.75 Å². The number of ether oxygens (including phenoxy) is 1. The summed E-state index contributed by atoms with van der Waals surface area (Å²) < 4.78 is 11.3. The highest BCUT2D eigenvalue weighted by molar-refractivity contribution is 6.39. The molecular formula is C24H17Cl2NO4. The van der Waals surface area contributed by atoms with Gasteiger partial charge >= 0.3 is 5.97 Å². The molecule has 1 N–H and O–H groups in total. The first-order chi connectivity index (χ1) is 14.9. The summed E-state index contributed by atoms with van der Waals surface area (Å²) in [4.78, 5) is 11.2. The van der Waals surface area contributed by atoms with Crippen molar-refractivity contribution in [1.82, 2.24) is 5.16 Å². The topological polar surface area (TPSA) is 72.6 Å². The second-order valence-corrected chi connectivity index (χ2v) is 7.68. The Bertz CT molecular complexity index is 1230. The van der Waals surface area contributed by atoms with Gasteiger partial charge in [-0.1, -0.05) is 58.7 Å². The fourth-order valence-electron chi connectivity index (χ4n) is 3.21. The van der Waals surface area contributed by atoms with E-state index in [0.717, 1.165) is 16.7 Å². The van der Waals surface area contributed by atoms with E-state index in [2.05, 4.69) is 5.16 Å². The van der Waals surface area contributed by atoms with Crippen LogP contribution in [0.1, 0.15) is 21.7 Å². The maximum absolute atomic E-state index is 11.2. The van der Waals surface area contributed by atoms with Gasteiger partial charge in [-0.05, 0) is 54.4 Å². The number of rotatable bonds is 6. The van der Waals surface area contributed by atoms with Gasteiger partial charge in [-0.15, -0.1) is 0 Å². The van der Waals surface area contributed by atoms with E-state index >= 15 is 0 Å². The molecule has 0 atom stereocenters. The van der Waals surface area contributed by atoms with Crippen LogP contribution in [0.25, 0.3) is 22.4 Å². The number of hydrogen-bond donors (Lipinski definition) is 1. The predicted molar refractivity (Wildman–Crippen MR) is 120 cm³/mol. The van der Waals surface area contributed by atoms with E-state index < -0.39 is 5.97 Å². The molecule has 0 amide bonds. The molecule has 4 rings (SSSR count). The van der Waals surface area contributed by atoms with E-state index in [1.54, 1.807) is 43.3 Å². The highest BCUT2D eigenvalue weighted by atomic mass is 35.5. The second-order valence-electron chi connectivity index (χ2n) is 6.86. The van der Waals surface area contributed by atoms with Crippen molar-refractivity contribution in [1.29, 1.82) is 0 Å². The number of aromatic carboxylic acids is 1. The molecule has 4 aromatic rings. The third kappa shape index (κ3) is 4.43. The molecule has 0 spiro atoms. The Morgan fingerprint density at radius 2 is 1.68 bits per heavy atom. The average Bonchev–Trinajstić information content (AvgIpc) is 3.12. The molecule has 0 saturated carbocycles. The molecule has 0 saturated heterocycles. The fourth-order valence-corrected chi connectivity index (χ4v) is 3.79. The van der Waals surface area contributed by atoms with Crippen molar-refractivity contribution in [2.75, 3.05) is 0 Å². The minimum Gasteiger partial charge on any atom is -0.489 e. The summed E-state index contributed by atoms with van der Waals surface area (Å²) in [6.45, 7) is 2.03. The number of aryl methyl sites for hydroxylation is 1. The van der Waals surface area contributed by atoms with Crippen LogP contribution in [0.2, 0.25) is 10.0 Å². The summed E-state index contributed by atoms with van der Waals surface area (Å²) >= 11 is 12.7. The van der Waals surface area contributed by atoms with Gasteiger partial charge in [0.2, 0.25) is 0 Å². The van der Waals surface area contributed by atoms with Crippen molar-refractivity contribution < 1.29 is 19.2 Å². The lowest BCUT2D eigenvalue weighted by molar-refractivity contribution is 0.0697. The monoisotopic (exact) mass is 453 g/mol. The Hall–Kier alpha value is -3.28. The second kappa shape index (κ2) is 8.84. The number of benzene rings is 3. The van der Waals surface area contributed by atoms with E-state index in [0.29, 0.717) is 32.8 Å². The van der Waals surface area contributed by atoms with Crippen molar-refractivity contribution in [3.8, 4) is 28.1 Å². The molecule has 0 aliphatic carbocycles. The minimum atomic E-state index is -0.958. The van der Waals surface area contributed by atoms with Gasteiger partial charge < -0.3 is 14.4 Å². The van der Waals surface area contributed by atoms with E-state index in [4.69, 9.17) is 32.5 Å². The van der Waals surface area contributed by atoms with Crippen molar-refractivity contribution in [2.45, 2.75) is 13.5 Å². The Labute approximate surface area is 188 Å². The van der Waals surface area contributed by atoms with Gasteiger partial charge in [0.05, 0.1) is 21.2 Å². The van der Waals surface area contributed by atoms with Crippen molar-refractivity contribution in [2.24, 2.45) is 0 Å². The summed E-state index contributed by atoms with van der Waals surface area (Å²) in [6.07, 6.45) is 0. The van der Waals surface area contributed by atoms with Crippen LogP contribution in [0.15, 0.2) is 71.3 Å². The van der Waals surface area contributed by atoms with Gasteiger partial charge in [0.1, 0.15) is 23.8 Å². The van der Waals surface area contributed by atoms with Gasteiger partial charge in [0.15, 0.2) is 0 Å². The summed E-state index contributed by atoms with van der Waals surface area (Å²) in [5.41, 5.74) is 3.86. The molecule has 3 aromatic carbocycles. The van der Waals surface area contributed by atoms with Gasteiger partial charge in [-0.3, -0.25) is 0 Å². The lowest BCUT2D eigenvalue weighted by Gasteiger charge is -2.10. The van der Waals surface area contributed by atoms with E-state index in [9.17, 15) is 9.90 Å². The van der Waals surface area contributed by atoms with Crippen LogP contribution in [-0.2, 0) is 6.61 Å². The van der Waals surface area contributed by atoms with Crippen LogP contribution in [0.3, 0.4) is 0 Å². The molecule has 0 bridgehead atoms. The number of carboxylic acids is 1. The third-order valence-electron chi connectivity index (χ3n) is 4.86. The first-order valence-corrected chi connectivity index (χ1v) is 10.2. The van der Waals surface area contributed by atoms with Crippen molar-refractivity contribution in [3.05, 3.63) is 93.7 Å². The molecule has 0 fully saturated rings. The summed E-state index contributed by atoms with van der Waals surface area (Å²) in [5.74, 6) is 0.309. The highest BCUT2D eigenvalue weighted by Gasteiger charge is 2.20. The minimum absolute atomic E-state index is 0.222. The number of nitrogens with zero attached hydrogens (tertiary/aromatic N) is 1. The summed E-state index contributed by atoms with van der Waals surface area (Å²) in [7, 11) is 0. The molecule has 1 heterocycles. The fraction of sp³-hybridized carbons (Fsp3) is 0.0833. The normalized spacial score (nSPS) is 10.8. The summed E-state index contributed by atoms with van der Waals surface area (Å²) in [5, 5.41) is 14.3. The zero-order chi connectivity index (χ0) is 22.0. The van der Waals surface area contributed by atoms with E-state index in [1.165, 1.54) is 0 Å². The largest absolute Gasteiger partial charge is 0.489 e. The third-order valence-corrected chi connectivity index (χ3v) is 5.49. The predicted octanol–water partition coefficient (Wildman–Crippen LogP) is 6.90. The van der Waals surface area contributed by atoms with Crippen LogP contribution in [-0.4, -0.2) is 16.2 Å². The lowest BCUT2D eigenvalue weighted by Crippen LogP contribution is -1.99. The van der Waals surface area contributed by atoms with Gasteiger partial charge in [0, 0.05) is 5.56 Å². The van der Waals surface area contributed by atoms with Crippen molar-refractivity contribution in [3.63, 3.8) is 0 Å². The Morgan fingerprint density at radius 3 is 2.35 bits per heavy atom. The molecule has 0 radical (unpaired) electrons. The van der Waals surface area contributed by atoms with E-state index in [1.807, 2.05) is 30.3 Å². The smallest absolute Gasteiger partial charge is 0.335 e. The average molecular weight is 454 g/mol. The van der Waals surface area contributed by atoms with Crippen LogP contribution >= 0.6 is 23.2 Å². The van der Waals surface area contributed by atoms with Gasteiger partial charge in [0.25, 0.3) is 0 Å². The molecule has 1 aromatic heterocycles. The van der Waals surface area contributed by atoms with Gasteiger partial charge in [-0.25, -0.2) is 4.79 Å². The zero-order valence-electron chi connectivity index (χ0n) is 16.4. The molecule has 0 aliphatic heterocycles. The van der Waals surface area contributed by atoms with Crippen LogP contribution < -0.4 is 4.74 Å². The Kier molecular flexibility index (Phi) is 5.98. The first kappa shape index (κ1) is 21.0. The van der Waals surface area contributed by atoms with Gasteiger partial charge in [-0.2, -0.15) is 0 Å². The Morgan fingerprint density at radius 1 is 1.00 bits per heavy atom. The first-order valence-electron chi connectivity index (χ1n) is 9.40. The number of carbonyl (C=O) groups is 1. The molecule has 0 aliphatic rings. The highest BCUT2D eigenvalue weighted by Crippen LogP contribution is 2.37. The number of carboxylic acid groups (broad SMARTS) is 1. The molecule has 31 heavy (non-hydrogen) atoms. The number of aromatic nitrogens is 1. The van der Waals surface area contributed by atoms with Crippen molar-refractivity contribution >= 4 is 29.2 Å². The standard InChI is InChI=1S/C24H17Cl2NO4/c1-14-19(23(27-31-14)22-20(25)6-3-7-21(22)26)13-30-18-10-8-15(9-11-18)16-4-2-5-17(12-16)24(28)29/h2-12H,13H2,1H3,(H,28,29).